The van der Waals surface area contributed by atoms with Crippen LogP contribution in [0.15, 0.2) is 22.8 Å². The Morgan fingerprint density at radius 2 is 2.15 bits per heavy atom. The van der Waals surface area contributed by atoms with Crippen molar-refractivity contribution in [3.05, 3.63) is 24.2 Å². The number of ether oxygens (including phenoxy) is 1. The lowest BCUT2D eigenvalue weighted by Crippen LogP contribution is -2.50. The molecular weight excluding hydrogens is 252 g/mol. The molecule has 1 aromatic heterocycles. The fraction of sp³-hybridized carbons (Fsp3) is 0.750. The molecule has 4 nitrogen and oxygen atoms in total. The van der Waals surface area contributed by atoms with Crippen LogP contribution in [0.4, 0.5) is 0 Å². The highest BCUT2D eigenvalue weighted by atomic mass is 16.5. The Balaban J connectivity index is 1.95. The smallest absolute Gasteiger partial charge is 0.117 e. The number of hydrogen-bond donors (Lipinski definition) is 1. The van der Waals surface area contributed by atoms with E-state index in [9.17, 15) is 0 Å². The van der Waals surface area contributed by atoms with Gasteiger partial charge in [-0.3, -0.25) is 0 Å². The molecule has 1 atom stereocenters. The van der Waals surface area contributed by atoms with Crippen molar-refractivity contribution in [2.45, 2.75) is 38.8 Å². The highest BCUT2D eigenvalue weighted by molar-refractivity contribution is 4.99. The molecule has 1 aromatic rings. The molecule has 0 unspecified atom stereocenters. The van der Waals surface area contributed by atoms with Gasteiger partial charge in [0.1, 0.15) is 5.76 Å². The molecule has 0 radical (unpaired) electrons. The van der Waals surface area contributed by atoms with E-state index in [4.69, 9.17) is 9.15 Å². The van der Waals surface area contributed by atoms with Crippen LogP contribution in [0.2, 0.25) is 0 Å². The zero-order chi connectivity index (χ0) is 14.6. The summed E-state index contributed by atoms with van der Waals surface area (Å²) < 4.78 is 11.3. The van der Waals surface area contributed by atoms with Crippen molar-refractivity contribution < 1.29 is 9.15 Å². The van der Waals surface area contributed by atoms with Gasteiger partial charge in [0.05, 0.1) is 18.4 Å². The van der Waals surface area contributed by atoms with Crippen LogP contribution in [0.1, 0.15) is 32.4 Å². The standard InChI is InChI=1S/C16H28N2O2/c1-15(2)11-16(7-9-20-15,13-18(3)4)12-17-10-14-6-5-8-19-14/h5-6,8,17H,7,9-13H2,1-4H3/t16-/m1/s1. The van der Waals surface area contributed by atoms with Crippen LogP contribution < -0.4 is 5.32 Å². The van der Waals surface area contributed by atoms with Gasteiger partial charge in [-0.15, -0.1) is 0 Å². The van der Waals surface area contributed by atoms with Crippen LogP contribution in [0, 0.1) is 5.41 Å². The maximum Gasteiger partial charge on any atom is 0.117 e. The minimum atomic E-state index is -0.0272. The fourth-order valence-electron chi connectivity index (χ4n) is 3.46. The summed E-state index contributed by atoms with van der Waals surface area (Å²) in [5.41, 5.74) is 0.248. The van der Waals surface area contributed by atoms with Gasteiger partial charge in [-0.2, -0.15) is 0 Å². The normalized spacial score (nSPS) is 26.1. The van der Waals surface area contributed by atoms with Crippen molar-refractivity contribution >= 4 is 0 Å². The molecule has 2 heterocycles. The first-order chi connectivity index (χ1) is 9.41. The average molecular weight is 280 g/mol. The second-order valence-corrected chi connectivity index (χ2v) is 6.96. The first kappa shape index (κ1) is 15.5. The van der Waals surface area contributed by atoms with E-state index >= 15 is 0 Å². The number of nitrogens with zero attached hydrogens (tertiary/aromatic N) is 1. The maximum absolute atomic E-state index is 5.89. The van der Waals surface area contributed by atoms with E-state index in [1.165, 1.54) is 0 Å². The van der Waals surface area contributed by atoms with Crippen molar-refractivity contribution in [1.29, 1.82) is 0 Å². The Kier molecular flexibility index (Phi) is 4.89. The van der Waals surface area contributed by atoms with E-state index in [0.717, 1.165) is 44.8 Å². The number of nitrogens with one attached hydrogen (secondary N) is 1. The van der Waals surface area contributed by atoms with Crippen molar-refractivity contribution in [2.24, 2.45) is 5.41 Å². The van der Waals surface area contributed by atoms with Gasteiger partial charge >= 0.3 is 0 Å². The molecule has 0 amide bonds. The predicted octanol–water partition coefficient (Wildman–Crippen LogP) is 2.51. The van der Waals surface area contributed by atoms with Gasteiger partial charge in [-0.1, -0.05) is 0 Å². The summed E-state index contributed by atoms with van der Waals surface area (Å²) >= 11 is 0. The Bertz CT molecular complexity index is 401. The molecule has 0 aliphatic carbocycles. The number of furan rings is 1. The minimum Gasteiger partial charge on any atom is -0.468 e. The average Bonchev–Trinajstić information content (AvgIpc) is 2.79. The third kappa shape index (κ3) is 4.33. The fourth-order valence-corrected chi connectivity index (χ4v) is 3.46. The molecule has 2 rings (SSSR count). The third-order valence-electron chi connectivity index (χ3n) is 3.96. The third-order valence-corrected chi connectivity index (χ3v) is 3.96. The van der Waals surface area contributed by atoms with E-state index < -0.39 is 0 Å². The lowest BCUT2D eigenvalue weighted by molar-refractivity contribution is -0.109. The lowest BCUT2D eigenvalue weighted by atomic mass is 9.73. The molecule has 0 spiro atoms. The molecule has 0 aromatic carbocycles. The molecule has 1 saturated heterocycles. The molecule has 1 aliphatic heterocycles. The summed E-state index contributed by atoms with van der Waals surface area (Å²) in [6.45, 7) is 8.13. The highest BCUT2D eigenvalue weighted by Gasteiger charge is 2.40. The van der Waals surface area contributed by atoms with Crippen LogP contribution in [0.3, 0.4) is 0 Å². The second-order valence-electron chi connectivity index (χ2n) is 6.96. The SMILES string of the molecule is CN(C)C[C@]1(CNCc2ccco2)CCOC(C)(C)C1. The minimum absolute atomic E-state index is 0.0272. The second kappa shape index (κ2) is 6.29. The van der Waals surface area contributed by atoms with Gasteiger partial charge in [-0.25, -0.2) is 0 Å². The quantitative estimate of drug-likeness (QED) is 0.869. The Morgan fingerprint density at radius 3 is 2.75 bits per heavy atom. The largest absolute Gasteiger partial charge is 0.468 e. The summed E-state index contributed by atoms with van der Waals surface area (Å²) in [5.74, 6) is 0.997. The summed E-state index contributed by atoms with van der Waals surface area (Å²) in [7, 11) is 4.30. The van der Waals surface area contributed by atoms with Crippen LogP contribution in [-0.2, 0) is 11.3 Å². The molecular formula is C16H28N2O2. The van der Waals surface area contributed by atoms with E-state index in [1.807, 2.05) is 12.1 Å². The Labute approximate surface area is 122 Å². The van der Waals surface area contributed by atoms with Gasteiger partial charge in [-0.05, 0) is 52.9 Å². The lowest BCUT2D eigenvalue weighted by Gasteiger charge is -2.46. The monoisotopic (exact) mass is 280 g/mol. The Hall–Kier alpha value is -0.840. The molecule has 1 fully saturated rings. The van der Waals surface area contributed by atoms with Crippen molar-refractivity contribution in [2.75, 3.05) is 33.8 Å². The van der Waals surface area contributed by atoms with Crippen LogP contribution in [-0.4, -0.2) is 44.3 Å². The molecule has 4 heteroatoms. The van der Waals surface area contributed by atoms with Crippen LogP contribution in [0.5, 0.6) is 0 Å². The zero-order valence-electron chi connectivity index (χ0n) is 13.2. The van der Waals surface area contributed by atoms with Gasteiger partial charge in [0.25, 0.3) is 0 Å². The molecule has 20 heavy (non-hydrogen) atoms. The molecule has 1 aliphatic rings. The number of rotatable bonds is 6. The van der Waals surface area contributed by atoms with Gasteiger partial charge in [0.2, 0.25) is 0 Å². The first-order valence-corrected chi connectivity index (χ1v) is 7.43. The first-order valence-electron chi connectivity index (χ1n) is 7.43. The van der Waals surface area contributed by atoms with E-state index in [1.54, 1.807) is 6.26 Å². The molecule has 1 N–H and O–H groups in total. The topological polar surface area (TPSA) is 37.6 Å². The van der Waals surface area contributed by atoms with E-state index in [0.29, 0.717) is 0 Å². The van der Waals surface area contributed by atoms with E-state index in [2.05, 4.69) is 38.2 Å². The molecule has 114 valence electrons. The number of hydrogen-bond acceptors (Lipinski definition) is 4. The summed E-state index contributed by atoms with van der Waals surface area (Å²) in [6, 6.07) is 3.95. The van der Waals surface area contributed by atoms with Crippen LogP contribution >= 0.6 is 0 Å². The highest BCUT2D eigenvalue weighted by Crippen LogP contribution is 2.38. The summed E-state index contributed by atoms with van der Waals surface area (Å²) in [5, 5.41) is 3.57. The zero-order valence-corrected chi connectivity index (χ0v) is 13.2. The van der Waals surface area contributed by atoms with Gasteiger partial charge < -0.3 is 19.4 Å². The van der Waals surface area contributed by atoms with Crippen molar-refractivity contribution in [3.63, 3.8) is 0 Å². The summed E-state index contributed by atoms with van der Waals surface area (Å²) in [6.07, 6.45) is 3.92. The Morgan fingerprint density at radius 1 is 1.35 bits per heavy atom. The van der Waals surface area contributed by atoms with E-state index in [-0.39, 0.29) is 11.0 Å². The van der Waals surface area contributed by atoms with Crippen molar-refractivity contribution in [3.8, 4) is 0 Å². The summed E-state index contributed by atoms with van der Waals surface area (Å²) in [4.78, 5) is 2.29. The predicted molar refractivity (Wildman–Crippen MR) is 80.7 cm³/mol. The van der Waals surface area contributed by atoms with Crippen LogP contribution in [0.25, 0.3) is 0 Å². The van der Waals surface area contributed by atoms with Crippen molar-refractivity contribution in [1.82, 2.24) is 10.2 Å². The maximum atomic E-state index is 5.89. The molecule has 0 saturated carbocycles. The van der Waals surface area contributed by atoms with Gasteiger partial charge in [0.15, 0.2) is 0 Å². The molecule has 0 bridgehead atoms. The van der Waals surface area contributed by atoms with Gasteiger partial charge in [0, 0.05) is 25.1 Å².